The highest BCUT2D eigenvalue weighted by Gasteiger charge is 2.32. The lowest BCUT2D eigenvalue weighted by atomic mass is 10.1. The van der Waals surface area contributed by atoms with Crippen LogP contribution in [0.4, 0.5) is 5.69 Å². The average molecular weight is 617 g/mol. The Morgan fingerprint density at radius 2 is 1.64 bits per heavy atom. The molecule has 0 aliphatic rings. The Balaban J connectivity index is 2.02. The molecule has 3 rings (SSSR count). The fourth-order valence-electron chi connectivity index (χ4n) is 3.85. The van der Waals surface area contributed by atoms with Crippen LogP contribution in [0.2, 0.25) is 0 Å². The summed E-state index contributed by atoms with van der Waals surface area (Å²) in [5.41, 5.74) is 1.07. The van der Waals surface area contributed by atoms with Crippen molar-refractivity contribution in [3.8, 4) is 5.75 Å². The van der Waals surface area contributed by atoms with Gasteiger partial charge in [-0.2, -0.15) is 0 Å². The van der Waals surface area contributed by atoms with Crippen molar-refractivity contribution in [2.45, 2.75) is 50.7 Å². The van der Waals surface area contributed by atoms with Crippen LogP contribution >= 0.6 is 15.9 Å². The lowest BCUT2D eigenvalue weighted by molar-refractivity contribution is -0.139. The van der Waals surface area contributed by atoms with Crippen molar-refractivity contribution < 1.29 is 22.7 Å². The van der Waals surface area contributed by atoms with Crippen molar-refractivity contribution in [1.29, 1.82) is 0 Å². The minimum atomic E-state index is -4.13. The number of anilines is 1. The van der Waals surface area contributed by atoms with Crippen LogP contribution in [0.3, 0.4) is 0 Å². The standard InChI is InChI=1S/C29H34BrN3O5S/c1-5-21(2)31-29(35)22(3)32(19-23-14-16-24(30)17-15-23)28(34)20-33(25-10-9-11-26(18-25)38-4)39(36,37)27-12-7-6-8-13-27/h6-18,21-22H,5,19-20H2,1-4H3,(H,31,35)/t21-,22-/m0/s1. The van der Waals surface area contributed by atoms with E-state index in [2.05, 4.69) is 21.2 Å². The number of sulfonamides is 1. The van der Waals surface area contributed by atoms with Gasteiger partial charge in [0.2, 0.25) is 11.8 Å². The predicted molar refractivity (Wildman–Crippen MR) is 156 cm³/mol. The largest absolute Gasteiger partial charge is 0.497 e. The number of methoxy groups -OCH3 is 1. The summed E-state index contributed by atoms with van der Waals surface area (Å²) in [5, 5.41) is 2.93. The first-order valence-corrected chi connectivity index (χ1v) is 14.9. The highest BCUT2D eigenvalue weighted by molar-refractivity contribution is 9.10. The van der Waals surface area contributed by atoms with Crippen LogP contribution in [-0.4, -0.2) is 50.9 Å². The average Bonchev–Trinajstić information content (AvgIpc) is 2.95. The van der Waals surface area contributed by atoms with E-state index in [9.17, 15) is 18.0 Å². The molecule has 10 heteroatoms. The summed E-state index contributed by atoms with van der Waals surface area (Å²) in [7, 11) is -2.65. The number of carbonyl (C=O) groups excluding carboxylic acids is 2. The lowest BCUT2D eigenvalue weighted by Gasteiger charge is -2.32. The van der Waals surface area contributed by atoms with E-state index < -0.39 is 28.5 Å². The van der Waals surface area contributed by atoms with E-state index in [4.69, 9.17) is 4.74 Å². The van der Waals surface area contributed by atoms with E-state index >= 15 is 0 Å². The number of hydrogen-bond donors (Lipinski definition) is 1. The minimum Gasteiger partial charge on any atom is -0.497 e. The van der Waals surface area contributed by atoms with Crippen molar-refractivity contribution >= 4 is 43.5 Å². The molecule has 0 bridgehead atoms. The second-order valence-corrected chi connectivity index (χ2v) is 11.9. The van der Waals surface area contributed by atoms with Crippen molar-refractivity contribution in [3.05, 3.63) is 88.9 Å². The smallest absolute Gasteiger partial charge is 0.264 e. The number of nitrogens with zero attached hydrogens (tertiary/aromatic N) is 2. The third kappa shape index (κ3) is 7.83. The van der Waals surface area contributed by atoms with Crippen LogP contribution in [-0.2, 0) is 26.2 Å². The van der Waals surface area contributed by atoms with Gasteiger partial charge in [-0.1, -0.05) is 59.3 Å². The summed E-state index contributed by atoms with van der Waals surface area (Å²) in [6.45, 7) is 5.11. The van der Waals surface area contributed by atoms with Crippen LogP contribution in [0.15, 0.2) is 88.2 Å². The van der Waals surface area contributed by atoms with Gasteiger partial charge >= 0.3 is 0 Å². The van der Waals surface area contributed by atoms with Gasteiger partial charge in [-0.3, -0.25) is 13.9 Å². The first-order chi connectivity index (χ1) is 18.6. The molecule has 0 unspecified atom stereocenters. The van der Waals surface area contributed by atoms with Crippen LogP contribution in [0.25, 0.3) is 0 Å². The number of hydrogen-bond acceptors (Lipinski definition) is 5. The Hall–Kier alpha value is -3.37. The van der Waals surface area contributed by atoms with Crippen LogP contribution in [0.1, 0.15) is 32.8 Å². The summed E-state index contributed by atoms with van der Waals surface area (Å²) in [5.74, 6) is -0.387. The lowest BCUT2D eigenvalue weighted by Crippen LogP contribution is -2.52. The van der Waals surface area contributed by atoms with Gasteiger partial charge in [-0.25, -0.2) is 8.42 Å². The van der Waals surface area contributed by atoms with Crippen LogP contribution in [0.5, 0.6) is 5.75 Å². The fraction of sp³-hybridized carbons (Fsp3) is 0.310. The molecule has 0 saturated carbocycles. The van der Waals surface area contributed by atoms with Gasteiger partial charge in [0.15, 0.2) is 0 Å². The molecule has 0 radical (unpaired) electrons. The fourth-order valence-corrected chi connectivity index (χ4v) is 5.54. The third-order valence-corrected chi connectivity index (χ3v) is 8.70. The second kappa shape index (κ2) is 13.6. The number of rotatable bonds is 12. The molecule has 0 saturated heterocycles. The molecule has 2 amide bonds. The Morgan fingerprint density at radius 3 is 2.26 bits per heavy atom. The van der Waals surface area contributed by atoms with Gasteiger partial charge in [-0.05, 0) is 62.2 Å². The molecular weight excluding hydrogens is 582 g/mol. The second-order valence-electron chi connectivity index (χ2n) is 9.17. The third-order valence-electron chi connectivity index (χ3n) is 6.39. The molecule has 0 fully saturated rings. The van der Waals surface area contributed by atoms with Gasteiger partial charge in [0.25, 0.3) is 10.0 Å². The Morgan fingerprint density at radius 1 is 0.974 bits per heavy atom. The normalized spacial score (nSPS) is 12.7. The van der Waals surface area contributed by atoms with E-state index in [1.807, 2.05) is 38.1 Å². The summed E-state index contributed by atoms with van der Waals surface area (Å²) >= 11 is 3.41. The molecule has 3 aromatic carbocycles. The summed E-state index contributed by atoms with van der Waals surface area (Å²) < 4.78 is 34.9. The summed E-state index contributed by atoms with van der Waals surface area (Å²) in [4.78, 5) is 28.5. The molecule has 0 aliphatic heterocycles. The maximum Gasteiger partial charge on any atom is 0.264 e. The van der Waals surface area contributed by atoms with E-state index in [1.165, 1.54) is 24.1 Å². The number of amides is 2. The van der Waals surface area contributed by atoms with Gasteiger partial charge in [-0.15, -0.1) is 0 Å². The van der Waals surface area contributed by atoms with Crippen molar-refractivity contribution in [2.75, 3.05) is 18.0 Å². The molecule has 39 heavy (non-hydrogen) atoms. The molecule has 3 aromatic rings. The van der Waals surface area contributed by atoms with E-state index in [0.717, 1.165) is 20.8 Å². The minimum absolute atomic E-state index is 0.0441. The quantitative estimate of drug-likeness (QED) is 0.310. The molecule has 8 nitrogen and oxygen atoms in total. The van der Waals surface area contributed by atoms with E-state index in [0.29, 0.717) is 5.75 Å². The molecule has 1 N–H and O–H groups in total. The van der Waals surface area contributed by atoms with E-state index in [1.54, 1.807) is 49.4 Å². The zero-order valence-electron chi connectivity index (χ0n) is 22.5. The van der Waals surface area contributed by atoms with Crippen molar-refractivity contribution in [1.82, 2.24) is 10.2 Å². The van der Waals surface area contributed by atoms with Crippen LogP contribution < -0.4 is 14.4 Å². The van der Waals surface area contributed by atoms with E-state index in [-0.39, 0.29) is 29.1 Å². The summed E-state index contributed by atoms with van der Waals surface area (Å²) in [6.07, 6.45) is 0.734. The Labute approximate surface area is 239 Å². The predicted octanol–water partition coefficient (Wildman–Crippen LogP) is 4.99. The van der Waals surface area contributed by atoms with Gasteiger partial charge in [0.1, 0.15) is 18.3 Å². The maximum atomic E-state index is 13.9. The van der Waals surface area contributed by atoms with Gasteiger partial charge in [0.05, 0.1) is 17.7 Å². The monoisotopic (exact) mass is 615 g/mol. The number of carbonyl (C=O) groups is 2. The maximum absolute atomic E-state index is 13.9. The topological polar surface area (TPSA) is 96.0 Å². The zero-order valence-corrected chi connectivity index (χ0v) is 24.9. The van der Waals surface area contributed by atoms with Crippen LogP contribution in [0, 0.1) is 0 Å². The number of benzene rings is 3. The molecule has 0 aromatic heterocycles. The zero-order chi connectivity index (χ0) is 28.6. The molecule has 0 heterocycles. The molecule has 2 atom stereocenters. The number of ether oxygens (including phenoxy) is 1. The molecule has 208 valence electrons. The number of nitrogens with one attached hydrogen (secondary N) is 1. The SMILES string of the molecule is CC[C@H](C)NC(=O)[C@H](C)N(Cc1ccc(Br)cc1)C(=O)CN(c1cccc(OC)c1)S(=O)(=O)c1ccccc1. The molecule has 0 aliphatic carbocycles. The Kier molecular flexibility index (Phi) is 10.5. The first kappa shape index (κ1) is 30.2. The van der Waals surface area contributed by atoms with Gasteiger partial charge < -0.3 is 15.0 Å². The van der Waals surface area contributed by atoms with Gasteiger partial charge in [0, 0.05) is 23.1 Å². The summed E-state index contributed by atoms with van der Waals surface area (Å²) in [6, 6.07) is 20.9. The Bertz CT molecular complexity index is 1370. The highest BCUT2D eigenvalue weighted by Crippen LogP contribution is 2.27. The first-order valence-electron chi connectivity index (χ1n) is 12.6. The van der Waals surface area contributed by atoms with Crippen molar-refractivity contribution in [2.24, 2.45) is 0 Å². The highest BCUT2D eigenvalue weighted by atomic mass is 79.9. The molecular formula is C29H34BrN3O5S. The number of halogens is 1. The molecule has 0 spiro atoms. The van der Waals surface area contributed by atoms with Crippen molar-refractivity contribution in [3.63, 3.8) is 0 Å².